The van der Waals surface area contributed by atoms with E-state index in [0.717, 1.165) is 17.0 Å². The fourth-order valence-corrected chi connectivity index (χ4v) is 3.00. The molecule has 1 saturated heterocycles. The van der Waals surface area contributed by atoms with E-state index in [1.165, 1.54) is 6.92 Å². The van der Waals surface area contributed by atoms with Gasteiger partial charge in [-0.2, -0.15) is 0 Å². The molecule has 4 amide bonds. The second-order valence-corrected chi connectivity index (χ2v) is 6.60. The number of urea groups is 1. The molecule has 1 aliphatic rings. The molecule has 0 spiro atoms. The molecular weight excluding hydrogens is 380 g/mol. The minimum Gasteiger partial charge on any atom is -0.324 e. The molecule has 0 aliphatic carbocycles. The number of hydrogen-bond donors (Lipinski definition) is 2. The minimum atomic E-state index is -1.38. The summed E-state index contributed by atoms with van der Waals surface area (Å²) in [5, 5.41) is 5.18. The Balaban J connectivity index is 1.76. The number of amides is 4. The summed E-state index contributed by atoms with van der Waals surface area (Å²) >= 11 is 5.94. The van der Waals surface area contributed by atoms with Crippen molar-refractivity contribution in [3.05, 3.63) is 64.7 Å². The third-order valence-electron chi connectivity index (χ3n) is 4.12. The molecule has 1 fully saturated rings. The Kier molecular flexibility index (Phi) is 4.84. The van der Waals surface area contributed by atoms with E-state index in [1.54, 1.807) is 24.3 Å². The van der Waals surface area contributed by atoms with Crippen LogP contribution in [0.5, 0.6) is 0 Å². The summed E-state index contributed by atoms with van der Waals surface area (Å²) in [5.41, 5.74) is -1.04. The van der Waals surface area contributed by atoms with Gasteiger partial charge in [0.1, 0.15) is 23.7 Å². The van der Waals surface area contributed by atoms with Crippen LogP contribution in [-0.2, 0) is 15.1 Å². The normalized spacial score (nSPS) is 19.2. The molecule has 2 N–H and O–H groups in total. The Morgan fingerprint density at radius 2 is 1.85 bits per heavy atom. The molecular formula is C18H14ClF2N3O3. The summed E-state index contributed by atoms with van der Waals surface area (Å²) in [7, 11) is 0. The maximum Gasteiger partial charge on any atom is 0.325 e. The van der Waals surface area contributed by atoms with Gasteiger partial charge in [0, 0.05) is 16.8 Å². The first-order valence-electron chi connectivity index (χ1n) is 7.85. The van der Waals surface area contributed by atoms with E-state index >= 15 is 0 Å². The van der Waals surface area contributed by atoms with E-state index in [1.807, 2.05) is 0 Å². The maximum absolute atomic E-state index is 13.2. The molecule has 1 heterocycles. The highest BCUT2D eigenvalue weighted by Gasteiger charge is 2.49. The van der Waals surface area contributed by atoms with Crippen LogP contribution in [0, 0.1) is 11.6 Å². The molecule has 27 heavy (non-hydrogen) atoms. The fraction of sp³-hybridized carbons (Fsp3) is 0.167. The van der Waals surface area contributed by atoms with Crippen LogP contribution in [0.1, 0.15) is 12.5 Å². The van der Waals surface area contributed by atoms with Crippen molar-refractivity contribution in [3.8, 4) is 0 Å². The van der Waals surface area contributed by atoms with Crippen LogP contribution in [0.15, 0.2) is 42.5 Å². The lowest BCUT2D eigenvalue weighted by atomic mass is 9.92. The molecule has 9 heteroatoms. The predicted molar refractivity (Wildman–Crippen MR) is 94.0 cm³/mol. The SMILES string of the molecule is CC1(c2cccc(Cl)c2)NC(=O)N(CC(=O)Nc2cc(F)cc(F)c2)C1=O. The monoisotopic (exact) mass is 393 g/mol. The summed E-state index contributed by atoms with van der Waals surface area (Å²) in [6.07, 6.45) is 0. The van der Waals surface area contributed by atoms with Crippen LogP contribution in [0.25, 0.3) is 0 Å². The topological polar surface area (TPSA) is 78.5 Å². The number of anilines is 1. The number of rotatable bonds is 4. The highest BCUT2D eigenvalue weighted by atomic mass is 35.5. The van der Waals surface area contributed by atoms with Gasteiger partial charge in [0.25, 0.3) is 5.91 Å². The Morgan fingerprint density at radius 3 is 2.48 bits per heavy atom. The molecule has 6 nitrogen and oxygen atoms in total. The Hall–Kier alpha value is -3.00. The van der Waals surface area contributed by atoms with Gasteiger partial charge in [-0.3, -0.25) is 14.5 Å². The molecule has 1 atom stereocenters. The molecule has 140 valence electrons. The van der Waals surface area contributed by atoms with Gasteiger partial charge < -0.3 is 10.6 Å². The molecule has 0 saturated carbocycles. The van der Waals surface area contributed by atoms with Crippen LogP contribution >= 0.6 is 11.6 Å². The van der Waals surface area contributed by atoms with Crippen LogP contribution in [-0.4, -0.2) is 29.3 Å². The molecule has 0 aromatic heterocycles. The first-order chi connectivity index (χ1) is 12.7. The quantitative estimate of drug-likeness (QED) is 0.784. The number of carbonyl (C=O) groups is 3. The van der Waals surface area contributed by atoms with Gasteiger partial charge in [-0.15, -0.1) is 0 Å². The standard InChI is InChI=1S/C18H14ClF2N3O3/c1-18(10-3-2-4-11(19)5-10)16(26)24(17(27)23-18)9-15(25)22-14-7-12(20)6-13(21)8-14/h2-8H,9H2,1H3,(H,22,25)(H,23,27). The first-order valence-corrected chi connectivity index (χ1v) is 8.23. The second kappa shape index (κ2) is 6.96. The summed E-state index contributed by atoms with van der Waals surface area (Å²) in [5.74, 6) is -3.16. The van der Waals surface area contributed by atoms with Crippen molar-refractivity contribution in [2.75, 3.05) is 11.9 Å². The molecule has 1 aliphatic heterocycles. The molecule has 0 radical (unpaired) electrons. The van der Waals surface area contributed by atoms with E-state index < -0.39 is 41.6 Å². The van der Waals surface area contributed by atoms with Crippen molar-refractivity contribution >= 4 is 35.1 Å². The summed E-state index contributed by atoms with van der Waals surface area (Å²) in [4.78, 5) is 37.8. The molecule has 2 aromatic carbocycles. The summed E-state index contributed by atoms with van der Waals surface area (Å²) in [6, 6.07) is 8.16. The van der Waals surface area contributed by atoms with Crippen LogP contribution < -0.4 is 10.6 Å². The van der Waals surface area contributed by atoms with Gasteiger partial charge in [-0.25, -0.2) is 13.6 Å². The van der Waals surface area contributed by atoms with Crippen molar-refractivity contribution in [2.45, 2.75) is 12.5 Å². The van der Waals surface area contributed by atoms with Gasteiger partial charge in [-0.05, 0) is 36.8 Å². The third kappa shape index (κ3) is 3.75. The van der Waals surface area contributed by atoms with Crippen LogP contribution in [0.2, 0.25) is 5.02 Å². The lowest BCUT2D eigenvalue weighted by Gasteiger charge is -2.22. The van der Waals surface area contributed by atoms with E-state index in [0.29, 0.717) is 16.7 Å². The van der Waals surface area contributed by atoms with Gasteiger partial charge in [-0.1, -0.05) is 23.7 Å². The number of halogens is 3. The van der Waals surface area contributed by atoms with Gasteiger partial charge >= 0.3 is 6.03 Å². The van der Waals surface area contributed by atoms with Crippen LogP contribution in [0.4, 0.5) is 19.3 Å². The molecule has 1 unspecified atom stereocenters. The number of carbonyl (C=O) groups excluding carboxylic acids is 3. The first kappa shape index (κ1) is 18.8. The maximum atomic E-state index is 13.2. The lowest BCUT2D eigenvalue weighted by molar-refractivity contribution is -0.133. The van der Waals surface area contributed by atoms with Crippen molar-refractivity contribution in [3.63, 3.8) is 0 Å². The fourth-order valence-electron chi connectivity index (χ4n) is 2.81. The average Bonchev–Trinajstić information content (AvgIpc) is 2.78. The van der Waals surface area contributed by atoms with Gasteiger partial charge in [0.05, 0.1) is 0 Å². The highest BCUT2D eigenvalue weighted by molar-refractivity contribution is 6.30. The average molecular weight is 394 g/mol. The summed E-state index contributed by atoms with van der Waals surface area (Å²) in [6.45, 7) is 0.887. The van der Waals surface area contributed by atoms with Crippen molar-refractivity contribution in [1.82, 2.24) is 10.2 Å². The van der Waals surface area contributed by atoms with Gasteiger partial charge in [0.2, 0.25) is 5.91 Å². The number of imide groups is 1. The van der Waals surface area contributed by atoms with E-state index in [2.05, 4.69) is 10.6 Å². The second-order valence-electron chi connectivity index (χ2n) is 6.16. The predicted octanol–water partition coefficient (Wildman–Crippen LogP) is 3.02. The van der Waals surface area contributed by atoms with Crippen molar-refractivity contribution in [1.29, 1.82) is 0 Å². The van der Waals surface area contributed by atoms with Crippen molar-refractivity contribution < 1.29 is 23.2 Å². The molecule has 0 bridgehead atoms. The third-order valence-corrected chi connectivity index (χ3v) is 4.36. The Bertz CT molecular complexity index is 933. The Morgan fingerprint density at radius 1 is 1.19 bits per heavy atom. The number of nitrogens with one attached hydrogen (secondary N) is 2. The lowest BCUT2D eigenvalue weighted by Crippen LogP contribution is -2.42. The zero-order valence-electron chi connectivity index (χ0n) is 14.1. The zero-order valence-corrected chi connectivity index (χ0v) is 14.8. The van der Waals surface area contributed by atoms with E-state index in [9.17, 15) is 23.2 Å². The minimum absolute atomic E-state index is 0.123. The van der Waals surface area contributed by atoms with E-state index in [4.69, 9.17) is 11.6 Å². The number of hydrogen-bond acceptors (Lipinski definition) is 3. The van der Waals surface area contributed by atoms with Crippen LogP contribution in [0.3, 0.4) is 0 Å². The highest BCUT2D eigenvalue weighted by Crippen LogP contribution is 2.30. The van der Waals surface area contributed by atoms with Gasteiger partial charge in [0.15, 0.2) is 0 Å². The number of nitrogens with zero attached hydrogens (tertiary/aromatic N) is 1. The number of benzene rings is 2. The zero-order chi connectivity index (χ0) is 19.8. The summed E-state index contributed by atoms with van der Waals surface area (Å²) < 4.78 is 26.4. The molecule has 3 rings (SSSR count). The molecule has 2 aromatic rings. The smallest absolute Gasteiger partial charge is 0.324 e. The largest absolute Gasteiger partial charge is 0.325 e. The Labute approximate surface area is 158 Å². The van der Waals surface area contributed by atoms with Crippen molar-refractivity contribution in [2.24, 2.45) is 0 Å². The van der Waals surface area contributed by atoms with E-state index in [-0.39, 0.29) is 5.69 Å².